The molecule has 0 amide bonds. The first-order valence-electron chi connectivity index (χ1n) is 3.81. The summed E-state index contributed by atoms with van der Waals surface area (Å²) in [7, 11) is -4.56. The van der Waals surface area contributed by atoms with Crippen LogP contribution in [0.2, 0.25) is 0 Å². The molecule has 11 heteroatoms. The normalized spacial score (nSPS) is 9.32. The van der Waals surface area contributed by atoms with Gasteiger partial charge in [-0.05, 0) is 18.2 Å². The molecule has 0 bridgehead atoms. The second kappa shape index (κ2) is 9.91. The molecule has 0 heterocycles. The van der Waals surface area contributed by atoms with Crippen LogP contribution >= 0.6 is 0 Å². The van der Waals surface area contributed by atoms with Crippen LogP contribution < -0.4 is 0 Å². The van der Waals surface area contributed by atoms with Gasteiger partial charge in [0.2, 0.25) is 0 Å². The Morgan fingerprint density at radius 2 is 1.32 bits per heavy atom. The van der Waals surface area contributed by atoms with Crippen molar-refractivity contribution in [2.24, 2.45) is 0 Å². The molecule has 92 valence electrons. The molecule has 0 saturated carbocycles. The van der Waals surface area contributed by atoms with Crippen LogP contribution in [0.3, 0.4) is 0 Å². The van der Waals surface area contributed by atoms with Gasteiger partial charge < -0.3 is 10.2 Å². The zero-order chi connectivity index (χ0) is 12.5. The molecule has 1 aromatic rings. The van der Waals surface area contributed by atoms with E-state index in [0.29, 0.717) is 6.07 Å². The van der Waals surface area contributed by atoms with Crippen LogP contribution in [0.15, 0.2) is 23.1 Å². The zero-order valence-electron chi connectivity index (χ0n) is 7.61. The molecule has 0 aliphatic carbocycles. The third-order valence-electron chi connectivity index (χ3n) is 1.75. The fourth-order valence-corrected chi connectivity index (χ4v) is 1.55. The predicted octanol–water partition coefficient (Wildman–Crippen LogP) is -1.62. The molecule has 0 fully saturated rings. The second-order valence-corrected chi connectivity index (χ2v) is 4.21. The molecule has 0 saturated heterocycles. The van der Waals surface area contributed by atoms with Crippen molar-refractivity contribution < 1.29 is 32.8 Å². The first-order valence-corrected chi connectivity index (χ1v) is 5.25. The summed E-state index contributed by atoms with van der Waals surface area (Å²) < 4.78 is 30.1. The van der Waals surface area contributed by atoms with Crippen LogP contribution in [0, 0.1) is 0 Å². The molecule has 19 heavy (non-hydrogen) atoms. The Morgan fingerprint density at radius 1 is 0.895 bits per heavy atom. The summed E-state index contributed by atoms with van der Waals surface area (Å²) in [5.74, 6) is -3.10. The summed E-state index contributed by atoms with van der Waals surface area (Å²) in [6.45, 7) is 0. The molecule has 0 radical (unpaired) electrons. The van der Waals surface area contributed by atoms with Gasteiger partial charge >= 0.3 is 101 Å². The van der Waals surface area contributed by atoms with Crippen LogP contribution in [0.1, 0.15) is 20.7 Å². The number of hydrogen-bond donors (Lipinski definition) is 3. The number of carboxylic acids is 2. The van der Waals surface area contributed by atoms with E-state index >= 15 is 0 Å². The van der Waals surface area contributed by atoms with Gasteiger partial charge in [-0.1, -0.05) is 0 Å². The van der Waals surface area contributed by atoms with E-state index < -0.39 is 38.1 Å². The Morgan fingerprint density at radius 3 is 1.63 bits per heavy atom. The zero-order valence-corrected chi connectivity index (χ0v) is 8.43. The topological polar surface area (TPSA) is 129 Å². The van der Waals surface area contributed by atoms with Crippen molar-refractivity contribution in [3.05, 3.63) is 29.3 Å². The fourth-order valence-electron chi connectivity index (χ4n) is 1.05. The molecule has 0 unspecified atom stereocenters. The average molecular weight is 318 g/mol. The molecule has 7 nitrogen and oxygen atoms in total. The van der Waals surface area contributed by atoms with E-state index in [9.17, 15) is 18.0 Å². The molecule has 3 N–H and O–H groups in total. The molecular formula is C8H9Na3O7S. The first-order chi connectivity index (χ1) is 7.23. The molecular weight excluding hydrogens is 309 g/mol. The molecule has 0 aromatic heterocycles. The Balaban J connectivity index is -0.000000853. The standard InChI is InChI=1S/C8H6O7S.3Na.3H/c9-7(10)5-2-1-4(16(13,14)15)3-6(5)8(11)12;;;;;;/h1-3H,(H,9,10)(H,11,12)(H,13,14,15);;;;;;. The van der Waals surface area contributed by atoms with Crippen LogP contribution in [0.4, 0.5) is 0 Å². The van der Waals surface area contributed by atoms with E-state index in [1.54, 1.807) is 0 Å². The van der Waals surface area contributed by atoms with E-state index in [2.05, 4.69) is 0 Å². The fraction of sp³-hybridized carbons (Fsp3) is 0. The Labute approximate surface area is 175 Å². The van der Waals surface area contributed by atoms with Crippen molar-refractivity contribution in [3.8, 4) is 0 Å². The maximum absolute atomic E-state index is 10.7. The van der Waals surface area contributed by atoms with Crippen molar-refractivity contribution in [1.29, 1.82) is 0 Å². The summed E-state index contributed by atoms with van der Waals surface area (Å²) in [6.07, 6.45) is 0. The van der Waals surface area contributed by atoms with E-state index in [1.165, 1.54) is 0 Å². The molecule has 1 rings (SSSR count). The second-order valence-electron chi connectivity index (χ2n) is 2.79. The molecule has 0 atom stereocenters. The molecule has 1 aromatic carbocycles. The number of rotatable bonds is 3. The van der Waals surface area contributed by atoms with E-state index in [1.807, 2.05) is 0 Å². The number of hydrogen-bond acceptors (Lipinski definition) is 4. The van der Waals surface area contributed by atoms with Crippen LogP contribution in [-0.4, -0.2) is 124 Å². The van der Waals surface area contributed by atoms with Gasteiger partial charge in [0.05, 0.1) is 16.0 Å². The minimum absolute atomic E-state index is 0. The van der Waals surface area contributed by atoms with Gasteiger partial charge in [-0.25, -0.2) is 9.59 Å². The summed E-state index contributed by atoms with van der Waals surface area (Å²) in [5.41, 5.74) is -1.26. The van der Waals surface area contributed by atoms with Crippen molar-refractivity contribution >= 4 is 111 Å². The molecule has 0 aliphatic heterocycles. The summed E-state index contributed by atoms with van der Waals surface area (Å²) in [4.78, 5) is 20.6. The van der Waals surface area contributed by atoms with Gasteiger partial charge in [0.1, 0.15) is 0 Å². The van der Waals surface area contributed by atoms with Crippen molar-refractivity contribution in [2.45, 2.75) is 4.90 Å². The SMILES string of the molecule is O=C(O)c1ccc(S(=O)(=O)O)cc1C(=O)O.[NaH].[NaH].[NaH]. The quantitative estimate of drug-likeness (QED) is 0.451. The van der Waals surface area contributed by atoms with Crippen molar-refractivity contribution in [1.82, 2.24) is 0 Å². The third kappa shape index (κ3) is 7.05. The van der Waals surface area contributed by atoms with Gasteiger partial charge in [-0.15, -0.1) is 0 Å². The first kappa shape index (κ1) is 25.0. The van der Waals surface area contributed by atoms with E-state index in [4.69, 9.17) is 14.8 Å². The van der Waals surface area contributed by atoms with Crippen LogP contribution in [-0.2, 0) is 10.1 Å². The van der Waals surface area contributed by atoms with E-state index in [0.717, 1.165) is 12.1 Å². The molecule has 0 spiro atoms. The minimum atomic E-state index is -4.56. The number of aromatic carboxylic acids is 2. The van der Waals surface area contributed by atoms with Crippen molar-refractivity contribution in [3.63, 3.8) is 0 Å². The average Bonchev–Trinajstić information content (AvgIpc) is 2.15. The van der Waals surface area contributed by atoms with Gasteiger partial charge in [-0.3, -0.25) is 4.55 Å². The number of carbonyl (C=O) groups is 2. The predicted molar refractivity (Wildman–Crippen MR) is 71.6 cm³/mol. The van der Waals surface area contributed by atoms with E-state index in [-0.39, 0.29) is 88.7 Å². The van der Waals surface area contributed by atoms with Crippen LogP contribution in [0.25, 0.3) is 0 Å². The van der Waals surface area contributed by atoms with Gasteiger partial charge in [0.25, 0.3) is 10.1 Å². The van der Waals surface area contributed by atoms with Crippen molar-refractivity contribution in [2.75, 3.05) is 0 Å². The summed E-state index contributed by atoms with van der Waals surface area (Å²) >= 11 is 0. The summed E-state index contributed by atoms with van der Waals surface area (Å²) in [6, 6.07) is 2.20. The van der Waals surface area contributed by atoms with Gasteiger partial charge in [-0.2, -0.15) is 8.42 Å². The maximum atomic E-state index is 10.7. The number of carboxylic acid groups (broad SMARTS) is 2. The number of benzene rings is 1. The van der Waals surface area contributed by atoms with Gasteiger partial charge in [0, 0.05) is 0 Å². The Bertz CT molecular complexity index is 570. The third-order valence-corrected chi connectivity index (χ3v) is 2.60. The Hall–Kier alpha value is 1.07. The molecule has 0 aliphatic rings. The monoisotopic (exact) mass is 318 g/mol. The Kier molecular flexibility index (Phi) is 13.1. The van der Waals surface area contributed by atoms with Gasteiger partial charge in [0.15, 0.2) is 0 Å². The summed E-state index contributed by atoms with van der Waals surface area (Å²) in [5, 5.41) is 17.3. The van der Waals surface area contributed by atoms with Crippen LogP contribution in [0.5, 0.6) is 0 Å².